The highest BCUT2D eigenvalue weighted by atomic mass is 35.5. The number of nitrogens with two attached hydrogens (primary N) is 1. The third-order valence-electron chi connectivity index (χ3n) is 2.66. The lowest BCUT2D eigenvalue weighted by Gasteiger charge is -2.17. The van der Waals surface area contributed by atoms with Gasteiger partial charge < -0.3 is 10.6 Å². The summed E-state index contributed by atoms with van der Waals surface area (Å²) >= 11 is 5.83. The summed E-state index contributed by atoms with van der Waals surface area (Å²) < 4.78 is 0. The monoisotopic (exact) mass is 240 g/mol. The van der Waals surface area contributed by atoms with Gasteiger partial charge >= 0.3 is 0 Å². The Morgan fingerprint density at radius 1 is 1.25 bits per heavy atom. The lowest BCUT2D eigenvalue weighted by Crippen LogP contribution is -2.27. The van der Waals surface area contributed by atoms with Gasteiger partial charge in [0.2, 0.25) is 0 Å². The molecule has 0 saturated heterocycles. The first-order valence-corrected chi connectivity index (χ1v) is 6.14. The smallest absolute Gasteiger partial charge is 0.0406 e. The third kappa shape index (κ3) is 5.50. The number of hydrogen-bond acceptors (Lipinski definition) is 2. The van der Waals surface area contributed by atoms with E-state index in [2.05, 4.69) is 24.1 Å². The number of benzene rings is 1. The number of rotatable bonds is 6. The Balaban J connectivity index is 2.26. The van der Waals surface area contributed by atoms with Crippen LogP contribution < -0.4 is 5.73 Å². The molecule has 0 aliphatic carbocycles. The molecule has 3 heteroatoms. The van der Waals surface area contributed by atoms with E-state index in [0.717, 1.165) is 31.0 Å². The van der Waals surface area contributed by atoms with Gasteiger partial charge in [0.1, 0.15) is 0 Å². The topological polar surface area (TPSA) is 29.3 Å². The van der Waals surface area contributed by atoms with Crippen molar-refractivity contribution in [2.75, 3.05) is 20.1 Å². The Kier molecular flexibility index (Phi) is 5.81. The van der Waals surface area contributed by atoms with Crippen LogP contribution in [0.4, 0.5) is 0 Å². The van der Waals surface area contributed by atoms with Crippen LogP contribution in [0.1, 0.15) is 18.9 Å². The standard InChI is InChI=1S/C13H21ClN2/c1-11(15)7-9-16(2)10-8-12-3-5-13(14)6-4-12/h3-6,11H,7-10,15H2,1-2H3. The maximum atomic E-state index is 5.83. The Hall–Kier alpha value is -0.570. The van der Waals surface area contributed by atoms with E-state index >= 15 is 0 Å². The molecule has 0 aliphatic rings. The molecule has 1 aromatic carbocycles. The first-order valence-electron chi connectivity index (χ1n) is 5.76. The van der Waals surface area contributed by atoms with E-state index in [0.29, 0.717) is 0 Å². The maximum absolute atomic E-state index is 5.83. The second kappa shape index (κ2) is 6.89. The lowest BCUT2D eigenvalue weighted by molar-refractivity contribution is 0.324. The Morgan fingerprint density at radius 3 is 2.44 bits per heavy atom. The fourth-order valence-corrected chi connectivity index (χ4v) is 1.63. The Morgan fingerprint density at radius 2 is 1.88 bits per heavy atom. The normalized spacial score (nSPS) is 13.1. The van der Waals surface area contributed by atoms with Gasteiger partial charge in [-0.2, -0.15) is 0 Å². The largest absolute Gasteiger partial charge is 0.328 e. The van der Waals surface area contributed by atoms with Crippen molar-refractivity contribution in [3.63, 3.8) is 0 Å². The van der Waals surface area contributed by atoms with Crippen LogP contribution >= 0.6 is 11.6 Å². The molecule has 2 nitrogen and oxygen atoms in total. The summed E-state index contributed by atoms with van der Waals surface area (Å²) in [5, 5.41) is 0.800. The minimum absolute atomic E-state index is 0.290. The summed E-state index contributed by atoms with van der Waals surface area (Å²) in [5.74, 6) is 0. The van der Waals surface area contributed by atoms with Crippen molar-refractivity contribution in [3.05, 3.63) is 34.9 Å². The van der Waals surface area contributed by atoms with Crippen molar-refractivity contribution in [3.8, 4) is 0 Å². The van der Waals surface area contributed by atoms with Crippen molar-refractivity contribution in [1.29, 1.82) is 0 Å². The molecule has 0 aromatic heterocycles. The molecule has 0 saturated carbocycles. The summed E-state index contributed by atoms with van der Waals surface area (Å²) in [6.45, 7) is 4.17. The molecule has 2 N–H and O–H groups in total. The van der Waals surface area contributed by atoms with Crippen LogP contribution in [0.3, 0.4) is 0 Å². The summed E-state index contributed by atoms with van der Waals surface area (Å²) in [7, 11) is 2.14. The Labute approximate surface area is 103 Å². The molecular formula is C13H21ClN2. The minimum atomic E-state index is 0.290. The number of nitrogens with zero attached hydrogens (tertiary/aromatic N) is 1. The van der Waals surface area contributed by atoms with E-state index in [-0.39, 0.29) is 6.04 Å². The molecule has 1 rings (SSSR count). The van der Waals surface area contributed by atoms with E-state index in [1.54, 1.807) is 0 Å². The van der Waals surface area contributed by atoms with Gasteiger partial charge in [0.25, 0.3) is 0 Å². The molecule has 0 fully saturated rings. The van der Waals surface area contributed by atoms with Crippen molar-refractivity contribution in [2.45, 2.75) is 25.8 Å². The van der Waals surface area contributed by atoms with Crippen LogP contribution in [0.25, 0.3) is 0 Å². The van der Waals surface area contributed by atoms with E-state index in [1.807, 2.05) is 19.1 Å². The van der Waals surface area contributed by atoms with Crippen LogP contribution in [-0.2, 0) is 6.42 Å². The SMILES string of the molecule is CC(N)CCN(C)CCc1ccc(Cl)cc1. The van der Waals surface area contributed by atoms with Gasteiger partial charge in [-0.15, -0.1) is 0 Å². The molecule has 1 aromatic rings. The maximum Gasteiger partial charge on any atom is 0.0406 e. The van der Waals surface area contributed by atoms with Gasteiger partial charge in [0, 0.05) is 17.6 Å². The van der Waals surface area contributed by atoms with Gasteiger partial charge in [-0.05, 0) is 51.1 Å². The van der Waals surface area contributed by atoms with Crippen molar-refractivity contribution in [2.24, 2.45) is 5.73 Å². The number of likely N-dealkylation sites (N-methyl/N-ethyl adjacent to an activating group) is 1. The van der Waals surface area contributed by atoms with Crippen LogP contribution in [-0.4, -0.2) is 31.1 Å². The lowest BCUT2D eigenvalue weighted by atomic mass is 10.1. The molecule has 0 amide bonds. The molecule has 0 heterocycles. The minimum Gasteiger partial charge on any atom is -0.328 e. The van der Waals surface area contributed by atoms with Crippen LogP contribution in [0, 0.1) is 0 Å². The predicted octanol–water partition coefficient (Wildman–Crippen LogP) is 2.55. The highest BCUT2D eigenvalue weighted by molar-refractivity contribution is 6.30. The number of hydrogen-bond donors (Lipinski definition) is 1. The van der Waals surface area contributed by atoms with Crippen molar-refractivity contribution in [1.82, 2.24) is 4.90 Å². The van der Waals surface area contributed by atoms with E-state index < -0.39 is 0 Å². The zero-order valence-corrected chi connectivity index (χ0v) is 10.9. The average molecular weight is 241 g/mol. The predicted molar refractivity (Wildman–Crippen MR) is 70.9 cm³/mol. The summed E-state index contributed by atoms with van der Waals surface area (Å²) in [5.41, 5.74) is 7.05. The molecule has 0 bridgehead atoms. The van der Waals surface area contributed by atoms with Crippen molar-refractivity contribution >= 4 is 11.6 Å². The third-order valence-corrected chi connectivity index (χ3v) is 2.91. The van der Waals surface area contributed by atoms with Crippen LogP contribution in [0.5, 0.6) is 0 Å². The molecule has 1 unspecified atom stereocenters. The summed E-state index contributed by atoms with van der Waals surface area (Å²) in [6.07, 6.45) is 2.11. The highest BCUT2D eigenvalue weighted by Gasteiger charge is 2.01. The fraction of sp³-hybridized carbons (Fsp3) is 0.538. The first kappa shape index (κ1) is 13.5. The highest BCUT2D eigenvalue weighted by Crippen LogP contribution is 2.10. The first-order chi connectivity index (χ1) is 7.58. The second-order valence-corrected chi connectivity index (χ2v) is 4.88. The second-order valence-electron chi connectivity index (χ2n) is 4.45. The van der Waals surface area contributed by atoms with E-state index in [1.165, 1.54) is 5.56 Å². The van der Waals surface area contributed by atoms with Gasteiger partial charge in [0.15, 0.2) is 0 Å². The average Bonchev–Trinajstić information content (AvgIpc) is 2.25. The molecule has 0 aliphatic heterocycles. The molecule has 90 valence electrons. The summed E-state index contributed by atoms with van der Waals surface area (Å²) in [4.78, 5) is 2.32. The number of halogens is 1. The van der Waals surface area contributed by atoms with Crippen molar-refractivity contribution < 1.29 is 0 Å². The Bertz CT molecular complexity index is 295. The fourth-order valence-electron chi connectivity index (χ4n) is 1.51. The quantitative estimate of drug-likeness (QED) is 0.828. The molecular weight excluding hydrogens is 220 g/mol. The summed E-state index contributed by atoms with van der Waals surface area (Å²) in [6, 6.07) is 8.35. The van der Waals surface area contributed by atoms with Crippen LogP contribution in [0.15, 0.2) is 24.3 Å². The zero-order valence-electron chi connectivity index (χ0n) is 10.1. The van der Waals surface area contributed by atoms with E-state index in [4.69, 9.17) is 17.3 Å². The molecule has 0 radical (unpaired) electrons. The van der Waals surface area contributed by atoms with Gasteiger partial charge in [-0.25, -0.2) is 0 Å². The molecule has 16 heavy (non-hydrogen) atoms. The molecule has 0 spiro atoms. The van der Waals surface area contributed by atoms with Gasteiger partial charge in [-0.3, -0.25) is 0 Å². The van der Waals surface area contributed by atoms with Crippen LogP contribution in [0.2, 0.25) is 5.02 Å². The zero-order chi connectivity index (χ0) is 12.0. The molecule has 1 atom stereocenters. The van der Waals surface area contributed by atoms with Gasteiger partial charge in [0.05, 0.1) is 0 Å². The van der Waals surface area contributed by atoms with Gasteiger partial charge in [-0.1, -0.05) is 23.7 Å². The van der Waals surface area contributed by atoms with E-state index in [9.17, 15) is 0 Å².